The second kappa shape index (κ2) is 6.70. The summed E-state index contributed by atoms with van der Waals surface area (Å²) in [6, 6.07) is 14.9. The number of aliphatic carboxylic acids is 1. The van der Waals surface area contributed by atoms with Gasteiger partial charge in [0.05, 0.1) is 0 Å². The average Bonchev–Trinajstić information content (AvgIpc) is 2.47. The predicted molar refractivity (Wildman–Crippen MR) is 78.3 cm³/mol. The van der Waals surface area contributed by atoms with Crippen LogP contribution in [-0.2, 0) is 22.6 Å². The van der Waals surface area contributed by atoms with Crippen molar-refractivity contribution in [2.45, 2.75) is 20.0 Å². The predicted octanol–water partition coefficient (Wildman–Crippen LogP) is 2.77. The topological polar surface area (TPSA) is 63.6 Å². The lowest BCUT2D eigenvalue weighted by atomic mass is 10.0. The molecule has 2 rings (SSSR count). The number of carbonyl (C=O) groups is 2. The zero-order chi connectivity index (χ0) is 15.2. The van der Waals surface area contributed by atoms with Crippen molar-refractivity contribution < 1.29 is 19.4 Å². The minimum atomic E-state index is -1.41. The van der Waals surface area contributed by atoms with Gasteiger partial charge in [-0.15, -0.1) is 0 Å². The van der Waals surface area contributed by atoms with E-state index in [1.807, 2.05) is 43.3 Å². The maximum absolute atomic E-state index is 11.4. The van der Waals surface area contributed by atoms with Crippen molar-refractivity contribution in [2.24, 2.45) is 0 Å². The Bertz CT molecular complexity index is 661. The average molecular weight is 284 g/mol. The van der Waals surface area contributed by atoms with Gasteiger partial charge in [-0.25, -0.2) is 4.79 Å². The summed E-state index contributed by atoms with van der Waals surface area (Å²) in [5.41, 5.74) is 2.52. The summed E-state index contributed by atoms with van der Waals surface area (Å²) in [5, 5.41) is 8.70. The highest BCUT2D eigenvalue weighted by Gasteiger charge is 2.14. The summed E-state index contributed by atoms with van der Waals surface area (Å²) in [6.45, 7) is 2.25. The summed E-state index contributed by atoms with van der Waals surface area (Å²) in [5.74, 6) is -1.46. The third-order valence-corrected chi connectivity index (χ3v) is 3.18. The van der Waals surface area contributed by atoms with Crippen LogP contribution in [0.4, 0.5) is 0 Å². The van der Waals surface area contributed by atoms with Gasteiger partial charge in [-0.1, -0.05) is 42.5 Å². The molecule has 0 atom stereocenters. The highest BCUT2D eigenvalue weighted by atomic mass is 16.5. The molecule has 0 amide bonds. The summed E-state index contributed by atoms with van der Waals surface area (Å²) >= 11 is 0. The molecular weight excluding hydrogens is 268 g/mol. The fraction of sp³-hybridized carbons (Fsp3) is 0.176. The highest BCUT2D eigenvalue weighted by molar-refractivity contribution is 6.33. The first kappa shape index (κ1) is 14.8. The number of benzene rings is 2. The van der Waals surface area contributed by atoms with Gasteiger partial charge in [0.2, 0.25) is 5.78 Å². The normalized spacial score (nSPS) is 10.1. The van der Waals surface area contributed by atoms with Crippen LogP contribution in [0.3, 0.4) is 0 Å². The van der Waals surface area contributed by atoms with Crippen molar-refractivity contribution in [3.63, 3.8) is 0 Å². The molecule has 1 N–H and O–H groups in total. The number of hydrogen-bond donors (Lipinski definition) is 1. The first-order chi connectivity index (χ1) is 10.1. The number of ether oxygens (including phenoxy) is 1. The van der Waals surface area contributed by atoms with Gasteiger partial charge in [0.15, 0.2) is 0 Å². The monoisotopic (exact) mass is 284 g/mol. The van der Waals surface area contributed by atoms with E-state index in [9.17, 15) is 9.59 Å². The number of hydrogen-bond acceptors (Lipinski definition) is 3. The molecule has 0 radical (unpaired) electrons. The molecular formula is C17H16O4. The van der Waals surface area contributed by atoms with E-state index in [-0.39, 0.29) is 6.42 Å². The van der Waals surface area contributed by atoms with Crippen LogP contribution in [0.2, 0.25) is 0 Å². The maximum atomic E-state index is 11.4. The molecule has 0 unspecified atom stereocenters. The molecule has 0 saturated carbocycles. The molecule has 0 aromatic heterocycles. The number of Topliss-reactive ketones (excluding diaryl/α,β-unsaturated/α-hetero) is 1. The van der Waals surface area contributed by atoms with E-state index in [1.165, 1.54) is 0 Å². The van der Waals surface area contributed by atoms with Gasteiger partial charge < -0.3 is 9.84 Å². The van der Waals surface area contributed by atoms with Crippen molar-refractivity contribution in [2.75, 3.05) is 0 Å². The van der Waals surface area contributed by atoms with Gasteiger partial charge >= 0.3 is 5.97 Å². The summed E-state index contributed by atoms with van der Waals surface area (Å²) in [4.78, 5) is 22.0. The lowest BCUT2D eigenvalue weighted by Gasteiger charge is -2.11. The summed E-state index contributed by atoms with van der Waals surface area (Å²) in [6.07, 6.45) is -0.122. The largest absolute Gasteiger partial charge is 0.489 e. The Kier molecular flexibility index (Phi) is 4.72. The Morgan fingerprint density at radius 1 is 1.00 bits per heavy atom. The quantitative estimate of drug-likeness (QED) is 0.828. The number of para-hydroxylation sites is 1. The van der Waals surface area contributed by atoms with E-state index >= 15 is 0 Å². The maximum Gasteiger partial charge on any atom is 0.372 e. The van der Waals surface area contributed by atoms with Crippen LogP contribution in [0.5, 0.6) is 5.75 Å². The number of carboxylic acid groups (broad SMARTS) is 1. The van der Waals surface area contributed by atoms with E-state index in [2.05, 4.69) is 0 Å². The molecule has 2 aromatic carbocycles. The number of carbonyl (C=O) groups excluding carboxylic acids is 1. The van der Waals surface area contributed by atoms with Gasteiger partial charge in [0.25, 0.3) is 0 Å². The first-order valence-electron chi connectivity index (χ1n) is 6.59. The second-order valence-corrected chi connectivity index (χ2v) is 4.73. The SMILES string of the molecule is Cc1ccccc1OCc1ccccc1CC(=O)C(=O)O. The highest BCUT2D eigenvalue weighted by Crippen LogP contribution is 2.19. The van der Waals surface area contributed by atoms with Gasteiger partial charge in [-0.3, -0.25) is 4.79 Å². The zero-order valence-electron chi connectivity index (χ0n) is 11.7. The number of carboxylic acids is 1. The van der Waals surface area contributed by atoms with Crippen molar-refractivity contribution in [3.8, 4) is 5.75 Å². The van der Waals surface area contributed by atoms with Gasteiger partial charge in [0.1, 0.15) is 12.4 Å². The number of ketones is 1. The molecule has 0 heterocycles. The molecule has 21 heavy (non-hydrogen) atoms. The van der Waals surface area contributed by atoms with Gasteiger partial charge in [-0.05, 0) is 29.7 Å². The minimum absolute atomic E-state index is 0.122. The van der Waals surface area contributed by atoms with E-state index in [0.717, 1.165) is 16.9 Å². The summed E-state index contributed by atoms with van der Waals surface area (Å²) < 4.78 is 5.75. The Balaban J connectivity index is 2.12. The molecule has 2 aromatic rings. The van der Waals surface area contributed by atoms with Crippen LogP contribution in [0.25, 0.3) is 0 Å². The molecule has 0 saturated heterocycles. The van der Waals surface area contributed by atoms with E-state index in [4.69, 9.17) is 9.84 Å². The number of aryl methyl sites for hydroxylation is 1. The molecule has 4 heteroatoms. The summed E-state index contributed by atoms with van der Waals surface area (Å²) in [7, 11) is 0. The molecule has 0 aliphatic carbocycles. The van der Waals surface area contributed by atoms with E-state index in [0.29, 0.717) is 12.2 Å². The third-order valence-electron chi connectivity index (χ3n) is 3.18. The molecule has 0 fully saturated rings. The first-order valence-corrected chi connectivity index (χ1v) is 6.59. The molecule has 0 spiro atoms. The van der Waals surface area contributed by atoms with Crippen LogP contribution < -0.4 is 4.74 Å². The van der Waals surface area contributed by atoms with Crippen molar-refractivity contribution in [1.29, 1.82) is 0 Å². The standard InChI is InChI=1S/C17H16O4/c1-12-6-2-5-9-16(12)21-11-14-8-4-3-7-13(14)10-15(18)17(19)20/h2-9H,10-11H2,1H3,(H,19,20). The van der Waals surface area contributed by atoms with Crippen LogP contribution in [-0.4, -0.2) is 16.9 Å². The fourth-order valence-corrected chi connectivity index (χ4v) is 1.99. The van der Waals surface area contributed by atoms with Crippen LogP contribution >= 0.6 is 0 Å². The Morgan fingerprint density at radius 3 is 2.29 bits per heavy atom. The Labute approximate surface area is 123 Å². The second-order valence-electron chi connectivity index (χ2n) is 4.73. The molecule has 0 aliphatic rings. The minimum Gasteiger partial charge on any atom is -0.489 e. The Morgan fingerprint density at radius 2 is 1.62 bits per heavy atom. The molecule has 0 bridgehead atoms. The van der Waals surface area contributed by atoms with Crippen LogP contribution in [0.15, 0.2) is 48.5 Å². The van der Waals surface area contributed by atoms with Crippen molar-refractivity contribution in [3.05, 3.63) is 65.2 Å². The molecule has 4 nitrogen and oxygen atoms in total. The van der Waals surface area contributed by atoms with Gasteiger partial charge in [-0.2, -0.15) is 0 Å². The lowest BCUT2D eigenvalue weighted by Crippen LogP contribution is -2.16. The zero-order valence-corrected chi connectivity index (χ0v) is 11.7. The van der Waals surface area contributed by atoms with E-state index < -0.39 is 11.8 Å². The van der Waals surface area contributed by atoms with Gasteiger partial charge in [0, 0.05) is 6.42 Å². The van der Waals surface area contributed by atoms with Crippen LogP contribution in [0.1, 0.15) is 16.7 Å². The Hall–Kier alpha value is -2.62. The van der Waals surface area contributed by atoms with Crippen molar-refractivity contribution >= 4 is 11.8 Å². The number of rotatable bonds is 6. The van der Waals surface area contributed by atoms with Crippen LogP contribution in [0, 0.1) is 6.92 Å². The molecule has 108 valence electrons. The fourth-order valence-electron chi connectivity index (χ4n) is 1.99. The third kappa shape index (κ3) is 3.92. The van der Waals surface area contributed by atoms with E-state index in [1.54, 1.807) is 12.1 Å². The van der Waals surface area contributed by atoms with Crippen molar-refractivity contribution in [1.82, 2.24) is 0 Å². The molecule has 0 aliphatic heterocycles. The smallest absolute Gasteiger partial charge is 0.372 e. The lowest BCUT2D eigenvalue weighted by molar-refractivity contribution is -0.148.